The number of phosphoric ester groups is 1. The van der Waals surface area contributed by atoms with Crippen molar-refractivity contribution in [2.45, 2.75) is 30.8 Å². The number of hydrogen-bond acceptors (Lipinski definition) is 13. The van der Waals surface area contributed by atoms with E-state index in [9.17, 15) is 38.4 Å². The predicted octanol–water partition coefficient (Wildman–Crippen LogP) is -2.01. The van der Waals surface area contributed by atoms with Crippen molar-refractivity contribution in [1.29, 1.82) is 0 Å². The lowest BCUT2D eigenvalue weighted by molar-refractivity contribution is -0.0556. The Balaban J connectivity index is 2.20. The monoisotopic (exact) mass is 539 g/mol. The zero-order valence-corrected chi connectivity index (χ0v) is 18.9. The van der Waals surface area contributed by atoms with Crippen LogP contribution in [0.5, 0.6) is 0 Å². The van der Waals surface area contributed by atoms with Crippen LogP contribution >= 0.6 is 23.5 Å². The maximum atomic E-state index is 12.7. The Morgan fingerprint density at radius 1 is 1.21 bits per heavy atom. The van der Waals surface area contributed by atoms with E-state index < -0.39 is 72.1 Å². The molecule has 18 nitrogen and oxygen atoms in total. The summed E-state index contributed by atoms with van der Waals surface area (Å²) in [5, 5.41) is 20.3. The van der Waals surface area contributed by atoms with Crippen LogP contribution in [0.25, 0.3) is 0 Å². The average Bonchev–Trinajstić information content (AvgIpc) is 2.92. The molecule has 0 aromatic carbocycles. The van der Waals surface area contributed by atoms with Crippen LogP contribution in [0.3, 0.4) is 0 Å². The van der Waals surface area contributed by atoms with Gasteiger partial charge in [0.2, 0.25) is 0 Å². The molecule has 7 atom stereocenters. The first kappa shape index (κ1) is 27.9. The Kier molecular flexibility index (Phi) is 8.89. The van der Waals surface area contributed by atoms with Gasteiger partial charge < -0.3 is 35.4 Å². The fourth-order valence-corrected chi connectivity index (χ4v) is 6.02. The molecule has 0 saturated carbocycles. The van der Waals surface area contributed by atoms with Crippen LogP contribution in [0.15, 0.2) is 34.5 Å². The van der Waals surface area contributed by atoms with Gasteiger partial charge in [-0.25, -0.2) is 18.5 Å². The van der Waals surface area contributed by atoms with Crippen LogP contribution in [0.4, 0.5) is 0 Å². The summed E-state index contributed by atoms with van der Waals surface area (Å²) in [6.45, 7) is 2.20. The lowest BCUT2D eigenvalue weighted by atomic mass is 10.1. The molecule has 8 N–H and O–H groups in total. The van der Waals surface area contributed by atoms with Crippen LogP contribution in [-0.2, 0) is 36.1 Å². The van der Waals surface area contributed by atoms with Crippen molar-refractivity contribution in [2.24, 2.45) is 5.73 Å². The highest BCUT2D eigenvalue weighted by atomic mass is 31.3. The van der Waals surface area contributed by atoms with Crippen LogP contribution in [0.1, 0.15) is 6.23 Å². The SMILES string of the molecule is C=CC(N)OP(=O)(OC[C@@H]1O[C@H](n2ccc(=O)[nH]c2=O)C(O)C1O)OP(=O)(O)OP(=O)(O)O. The van der Waals surface area contributed by atoms with Gasteiger partial charge >= 0.3 is 29.2 Å². The summed E-state index contributed by atoms with van der Waals surface area (Å²) in [5.74, 6) is 0. The molecule has 1 saturated heterocycles. The molecule has 0 spiro atoms. The van der Waals surface area contributed by atoms with Gasteiger partial charge in [0.05, 0.1) is 6.61 Å². The molecule has 1 aromatic rings. The van der Waals surface area contributed by atoms with Crippen molar-refractivity contribution in [3.63, 3.8) is 0 Å². The zero-order valence-electron chi connectivity index (χ0n) is 16.2. The molecule has 0 bridgehead atoms. The minimum atomic E-state index is -5.76. The number of ether oxygens (including phenoxy) is 1. The second kappa shape index (κ2) is 10.5. The predicted molar refractivity (Wildman–Crippen MR) is 104 cm³/mol. The first-order chi connectivity index (χ1) is 15.1. The Bertz CT molecular complexity index is 1110. The molecule has 33 heavy (non-hydrogen) atoms. The summed E-state index contributed by atoms with van der Waals surface area (Å²) in [5.41, 5.74) is 3.60. The Hall–Kier alpha value is -1.33. The highest BCUT2D eigenvalue weighted by molar-refractivity contribution is 7.66. The molecular weight excluding hydrogens is 519 g/mol. The van der Waals surface area contributed by atoms with Crippen LogP contribution < -0.4 is 17.0 Å². The highest BCUT2D eigenvalue weighted by Gasteiger charge is 2.48. The van der Waals surface area contributed by atoms with Crippen molar-refractivity contribution in [3.8, 4) is 0 Å². The number of nitrogens with two attached hydrogens (primary N) is 1. The third-order valence-electron chi connectivity index (χ3n) is 3.76. The molecule has 0 amide bonds. The minimum absolute atomic E-state index is 0.727. The number of aromatic nitrogens is 2. The number of aromatic amines is 1. The van der Waals surface area contributed by atoms with Gasteiger partial charge in [-0.2, -0.15) is 8.62 Å². The van der Waals surface area contributed by atoms with Crippen molar-refractivity contribution in [3.05, 3.63) is 45.8 Å². The summed E-state index contributed by atoms with van der Waals surface area (Å²) in [6.07, 6.45) is -6.50. The fourth-order valence-electron chi connectivity index (χ4n) is 2.43. The summed E-state index contributed by atoms with van der Waals surface area (Å²) < 4.78 is 58.3. The number of hydrogen-bond donors (Lipinski definition) is 7. The quantitative estimate of drug-likeness (QED) is 0.0909. The Labute approximate surface area is 183 Å². The summed E-state index contributed by atoms with van der Waals surface area (Å²) in [4.78, 5) is 51.7. The van der Waals surface area contributed by atoms with Crippen LogP contribution in [0.2, 0.25) is 0 Å². The van der Waals surface area contributed by atoms with E-state index in [-0.39, 0.29) is 0 Å². The van der Waals surface area contributed by atoms with Gasteiger partial charge in [0.15, 0.2) is 6.23 Å². The van der Waals surface area contributed by atoms with E-state index in [0.29, 0.717) is 0 Å². The molecule has 0 radical (unpaired) electrons. The third kappa shape index (κ3) is 7.85. The van der Waals surface area contributed by atoms with E-state index in [0.717, 1.165) is 22.9 Å². The van der Waals surface area contributed by atoms with Crippen LogP contribution in [-0.4, -0.2) is 65.6 Å². The van der Waals surface area contributed by atoms with Gasteiger partial charge in [-0.15, -0.1) is 0 Å². The molecule has 2 rings (SSSR count). The summed E-state index contributed by atoms with van der Waals surface area (Å²) in [6, 6.07) is 0.931. The van der Waals surface area contributed by atoms with Crippen molar-refractivity contribution >= 4 is 23.5 Å². The van der Waals surface area contributed by atoms with Gasteiger partial charge in [-0.3, -0.25) is 23.4 Å². The molecule has 1 fully saturated rings. The van der Waals surface area contributed by atoms with E-state index in [1.807, 2.05) is 4.98 Å². The van der Waals surface area contributed by atoms with Gasteiger partial charge in [0, 0.05) is 12.3 Å². The third-order valence-corrected chi connectivity index (χ3v) is 8.02. The molecule has 2 heterocycles. The van der Waals surface area contributed by atoms with Crippen molar-refractivity contribution < 1.29 is 61.0 Å². The van der Waals surface area contributed by atoms with Gasteiger partial charge in [0.1, 0.15) is 24.5 Å². The highest BCUT2D eigenvalue weighted by Crippen LogP contribution is 2.68. The maximum Gasteiger partial charge on any atom is 0.490 e. The maximum absolute atomic E-state index is 12.7. The van der Waals surface area contributed by atoms with E-state index in [2.05, 4.69) is 19.7 Å². The summed E-state index contributed by atoms with van der Waals surface area (Å²) >= 11 is 0. The molecule has 0 aliphatic carbocycles. The number of aliphatic hydroxyl groups is 2. The fraction of sp³-hybridized carbons (Fsp3) is 0.500. The Morgan fingerprint density at radius 3 is 2.39 bits per heavy atom. The molecular formula is C12H20N3O15P3. The first-order valence-corrected chi connectivity index (χ1v) is 13.0. The number of rotatable bonds is 11. The van der Waals surface area contributed by atoms with Gasteiger partial charge in [-0.1, -0.05) is 6.58 Å². The number of nitrogens with zero attached hydrogens (tertiary/aromatic N) is 1. The standard InChI is InChI=1S/C12H20N3O15P3/c1-2-7(13)28-33(25,30-32(23,24)29-31(20,21)22)26-5-6-9(17)10(18)11(27-6)15-4-3-8(16)14-12(15)19/h2-4,6-7,9-11,17-18H,1,5,13H2,(H,23,24)(H,14,16,19)(H2,20,21,22)/t6-,7?,9?,10?,11-,33?/m0/s1. The zero-order chi connectivity index (χ0) is 25.2. The van der Waals surface area contributed by atoms with E-state index in [1.54, 1.807) is 0 Å². The number of aliphatic hydroxyl groups excluding tert-OH is 2. The van der Waals surface area contributed by atoms with Crippen molar-refractivity contribution in [1.82, 2.24) is 9.55 Å². The minimum Gasteiger partial charge on any atom is -0.387 e. The smallest absolute Gasteiger partial charge is 0.387 e. The number of phosphoric acid groups is 3. The van der Waals surface area contributed by atoms with E-state index in [4.69, 9.17) is 24.8 Å². The second-order valence-electron chi connectivity index (χ2n) is 6.23. The molecule has 21 heteroatoms. The second-order valence-corrected chi connectivity index (χ2v) is 10.8. The normalized spacial score (nSPS) is 28.1. The van der Waals surface area contributed by atoms with Crippen LogP contribution in [0, 0.1) is 0 Å². The largest absolute Gasteiger partial charge is 0.490 e. The number of nitrogens with one attached hydrogen (secondary N) is 1. The molecule has 1 aliphatic rings. The molecule has 1 aliphatic heterocycles. The Morgan fingerprint density at radius 2 is 1.85 bits per heavy atom. The molecule has 1 aromatic heterocycles. The van der Waals surface area contributed by atoms with Crippen molar-refractivity contribution in [2.75, 3.05) is 6.61 Å². The molecule has 188 valence electrons. The topological polar surface area (TPSA) is 279 Å². The number of H-pyrrole nitrogens is 1. The summed E-state index contributed by atoms with van der Waals surface area (Å²) in [7, 11) is -16.6. The average molecular weight is 539 g/mol. The first-order valence-electron chi connectivity index (χ1n) is 8.51. The lowest BCUT2D eigenvalue weighted by Crippen LogP contribution is -2.37. The van der Waals surface area contributed by atoms with Gasteiger partial charge in [-0.05, 0) is 6.08 Å². The molecule has 5 unspecified atom stereocenters. The van der Waals surface area contributed by atoms with E-state index >= 15 is 0 Å². The van der Waals surface area contributed by atoms with E-state index in [1.165, 1.54) is 0 Å². The lowest BCUT2D eigenvalue weighted by Gasteiger charge is -2.23. The van der Waals surface area contributed by atoms with Gasteiger partial charge in [0.25, 0.3) is 5.56 Å².